The Hall–Kier alpha value is -1.80. The van der Waals surface area contributed by atoms with E-state index in [9.17, 15) is 9.00 Å². The van der Waals surface area contributed by atoms with Gasteiger partial charge in [0.25, 0.3) is 0 Å². The lowest BCUT2D eigenvalue weighted by Gasteiger charge is -2.16. The van der Waals surface area contributed by atoms with Gasteiger partial charge in [-0.2, -0.15) is 0 Å². The lowest BCUT2D eigenvalue weighted by atomic mass is 9.99. The van der Waals surface area contributed by atoms with E-state index in [1.54, 1.807) is 13.0 Å². The predicted octanol–water partition coefficient (Wildman–Crippen LogP) is 4.60. The number of carbonyl (C=O) groups is 1. The van der Waals surface area contributed by atoms with Crippen molar-refractivity contribution in [2.75, 3.05) is 5.32 Å². The number of carbonyl (C=O) groups excluding carboxylic acids is 1. The number of furan rings is 1. The number of amides is 2. The Morgan fingerprint density at radius 1 is 1.19 bits per heavy atom. The van der Waals surface area contributed by atoms with Gasteiger partial charge < -0.3 is 9.73 Å². The van der Waals surface area contributed by atoms with Crippen molar-refractivity contribution in [2.24, 2.45) is 0 Å². The third-order valence-electron chi connectivity index (χ3n) is 5.37. The molecule has 144 valence electrons. The van der Waals surface area contributed by atoms with Crippen molar-refractivity contribution in [2.45, 2.75) is 55.9 Å². The summed E-state index contributed by atoms with van der Waals surface area (Å²) in [5.41, 5.74) is 6.67. The molecule has 0 radical (unpaired) electrons. The van der Waals surface area contributed by atoms with Gasteiger partial charge in [-0.3, -0.25) is 0 Å². The molecule has 8 heteroatoms. The summed E-state index contributed by atoms with van der Waals surface area (Å²) in [4.78, 5) is 12.6. The number of halogens is 1. The Morgan fingerprint density at radius 2 is 1.81 bits per heavy atom. The minimum Gasteiger partial charge on any atom is -0.449 e. The number of benzene rings is 1. The molecule has 27 heavy (non-hydrogen) atoms. The van der Waals surface area contributed by atoms with Crippen molar-refractivity contribution >= 4 is 37.6 Å². The van der Waals surface area contributed by atoms with Gasteiger partial charge in [0.1, 0.15) is 5.76 Å². The predicted molar refractivity (Wildman–Crippen MR) is 108 cm³/mol. The lowest BCUT2D eigenvalue weighted by Crippen LogP contribution is -2.34. The summed E-state index contributed by atoms with van der Waals surface area (Å²) >= 11 is 3.33. The molecule has 6 nitrogen and oxygen atoms in total. The zero-order valence-corrected chi connectivity index (χ0v) is 17.5. The number of urea groups is 1. The van der Waals surface area contributed by atoms with Crippen molar-refractivity contribution in [3.63, 3.8) is 0 Å². The average Bonchev–Trinajstić information content (AvgIpc) is 3.32. The number of rotatable bonds is 4. The van der Waals surface area contributed by atoms with E-state index < -0.39 is 15.9 Å². The molecule has 0 fully saturated rings. The molecule has 3 N–H and O–H groups in total. The SMILES string of the molecule is Cc1oc(S(=N)(=O)NC(=O)Nc2c3c(cc4c2CCC4)CCC3)cc1CBr. The van der Waals surface area contributed by atoms with Crippen LogP contribution in [0.1, 0.15) is 46.4 Å². The zero-order valence-electron chi connectivity index (χ0n) is 15.1. The van der Waals surface area contributed by atoms with Crippen molar-refractivity contribution in [1.29, 1.82) is 4.78 Å². The van der Waals surface area contributed by atoms with E-state index in [1.165, 1.54) is 22.3 Å². The topological polar surface area (TPSA) is 95.2 Å². The van der Waals surface area contributed by atoms with Gasteiger partial charge in [-0.1, -0.05) is 22.0 Å². The lowest BCUT2D eigenvalue weighted by molar-refractivity contribution is 0.256. The maximum Gasteiger partial charge on any atom is 0.332 e. The van der Waals surface area contributed by atoms with Crippen LogP contribution in [0.25, 0.3) is 0 Å². The number of hydrogen-bond acceptors (Lipinski definition) is 4. The van der Waals surface area contributed by atoms with Gasteiger partial charge in [0.15, 0.2) is 9.92 Å². The van der Waals surface area contributed by atoms with Gasteiger partial charge in [0.2, 0.25) is 5.09 Å². The second kappa shape index (κ2) is 6.98. The van der Waals surface area contributed by atoms with Crippen molar-refractivity contribution in [3.05, 3.63) is 45.7 Å². The first-order valence-electron chi connectivity index (χ1n) is 9.08. The fourth-order valence-corrected chi connectivity index (χ4v) is 5.57. The number of fused-ring (bicyclic) bond motifs is 2. The van der Waals surface area contributed by atoms with Crippen LogP contribution in [0.2, 0.25) is 0 Å². The van der Waals surface area contributed by atoms with Crippen molar-refractivity contribution in [1.82, 2.24) is 4.72 Å². The van der Waals surface area contributed by atoms with E-state index in [1.807, 2.05) is 0 Å². The summed E-state index contributed by atoms with van der Waals surface area (Å²) < 4.78 is 28.6. The van der Waals surface area contributed by atoms with Crippen molar-refractivity contribution < 1.29 is 13.4 Å². The van der Waals surface area contributed by atoms with Gasteiger partial charge in [0.05, 0.1) is 0 Å². The molecule has 2 aliphatic carbocycles. The Labute approximate surface area is 167 Å². The first-order chi connectivity index (χ1) is 12.9. The molecule has 1 aromatic carbocycles. The van der Waals surface area contributed by atoms with Crippen LogP contribution in [0, 0.1) is 11.7 Å². The molecule has 1 unspecified atom stereocenters. The highest BCUT2D eigenvalue weighted by Gasteiger charge is 2.26. The van der Waals surface area contributed by atoms with E-state index >= 15 is 0 Å². The molecule has 2 amide bonds. The summed E-state index contributed by atoms with van der Waals surface area (Å²) in [6, 6.07) is 3.21. The van der Waals surface area contributed by atoms with Crippen molar-refractivity contribution in [3.8, 4) is 0 Å². The maximum atomic E-state index is 12.7. The summed E-state index contributed by atoms with van der Waals surface area (Å²) in [5.74, 6) is 0.586. The highest BCUT2D eigenvalue weighted by Crippen LogP contribution is 2.38. The smallest absolute Gasteiger partial charge is 0.332 e. The second-order valence-electron chi connectivity index (χ2n) is 7.13. The molecule has 1 heterocycles. The molecule has 4 rings (SSSR count). The fraction of sp³-hybridized carbons (Fsp3) is 0.421. The van der Waals surface area contributed by atoms with Crippen LogP contribution in [0.3, 0.4) is 0 Å². The van der Waals surface area contributed by atoms with E-state index in [2.05, 4.69) is 32.0 Å². The zero-order chi connectivity index (χ0) is 19.2. The van der Waals surface area contributed by atoms with Gasteiger partial charge in [0, 0.05) is 22.6 Å². The molecule has 2 aromatic rings. The van der Waals surface area contributed by atoms with Crippen LogP contribution in [0.4, 0.5) is 10.5 Å². The Morgan fingerprint density at radius 3 is 2.37 bits per heavy atom. The molecule has 0 saturated heterocycles. The molecule has 0 aliphatic heterocycles. The van der Waals surface area contributed by atoms with E-state index in [4.69, 9.17) is 9.20 Å². The maximum absolute atomic E-state index is 12.7. The minimum absolute atomic E-state index is 0.0341. The van der Waals surface area contributed by atoms with Gasteiger partial charge >= 0.3 is 6.03 Å². The number of hydrogen-bond donors (Lipinski definition) is 3. The summed E-state index contributed by atoms with van der Waals surface area (Å²) in [7, 11) is -3.57. The van der Waals surface area contributed by atoms with E-state index in [0.717, 1.165) is 49.8 Å². The molecule has 0 spiro atoms. The molecule has 0 bridgehead atoms. The number of alkyl halides is 1. The highest BCUT2D eigenvalue weighted by molar-refractivity contribution is 9.08. The van der Waals surface area contributed by atoms with Crippen LogP contribution >= 0.6 is 15.9 Å². The number of aryl methyl sites for hydroxylation is 3. The summed E-state index contributed by atoms with van der Waals surface area (Å²) in [6.07, 6.45) is 6.14. The molecule has 1 aromatic heterocycles. The number of nitrogens with one attached hydrogen (secondary N) is 3. The minimum atomic E-state index is -3.57. The molecule has 2 aliphatic rings. The van der Waals surface area contributed by atoms with Crippen LogP contribution in [0.5, 0.6) is 0 Å². The Balaban J connectivity index is 1.58. The first kappa shape index (κ1) is 18.6. The number of anilines is 1. The van der Waals surface area contributed by atoms with Crippen LogP contribution in [-0.4, -0.2) is 10.2 Å². The average molecular weight is 452 g/mol. The highest BCUT2D eigenvalue weighted by atomic mass is 79.9. The first-order valence-corrected chi connectivity index (χ1v) is 11.8. The molecule has 0 saturated carbocycles. The Kier molecular flexibility index (Phi) is 4.80. The summed E-state index contributed by atoms with van der Waals surface area (Å²) in [6.45, 7) is 1.74. The van der Waals surface area contributed by atoms with E-state index in [0.29, 0.717) is 11.1 Å². The quantitative estimate of drug-likeness (QED) is 0.592. The van der Waals surface area contributed by atoms with Crippen LogP contribution in [0.15, 0.2) is 21.6 Å². The van der Waals surface area contributed by atoms with Gasteiger partial charge in [-0.05, 0) is 67.7 Å². The van der Waals surface area contributed by atoms with Gasteiger partial charge in [-0.25, -0.2) is 18.5 Å². The third-order valence-corrected chi connectivity index (χ3v) is 7.22. The van der Waals surface area contributed by atoms with Gasteiger partial charge in [-0.15, -0.1) is 0 Å². The second-order valence-corrected chi connectivity index (χ2v) is 9.41. The standard InChI is InChI=1S/C19H22BrN3O3S/c1-11-14(10-20)9-17(26-11)27(21,25)23-19(24)22-18-15-6-2-4-12(15)8-13-5-3-7-16(13)18/h8-9H,2-7,10H2,1H3,(H3,21,22,23,24,25). The normalized spacial score (nSPS) is 17.3. The molecular formula is C19H22BrN3O3S. The van der Waals surface area contributed by atoms with Crippen LogP contribution in [-0.2, 0) is 40.9 Å². The third kappa shape index (κ3) is 3.40. The fourth-order valence-electron chi connectivity index (χ4n) is 4.05. The Bertz CT molecular complexity index is 995. The summed E-state index contributed by atoms with van der Waals surface area (Å²) in [5, 5.41) is 3.40. The monoisotopic (exact) mass is 451 g/mol. The van der Waals surface area contributed by atoms with Crippen LogP contribution < -0.4 is 10.0 Å². The van der Waals surface area contributed by atoms with E-state index in [-0.39, 0.29) is 5.09 Å². The molecule has 1 atom stereocenters. The molecular weight excluding hydrogens is 430 g/mol. The largest absolute Gasteiger partial charge is 0.449 e.